The summed E-state index contributed by atoms with van der Waals surface area (Å²) in [5, 5.41) is 15.7. The summed E-state index contributed by atoms with van der Waals surface area (Å²) in [6.45, 7) is 4.92. The lowest BCUT2D eigenvalue weighted by Gasteiger charge is -2.18. The molecule has 1 atom stereocenters. The molecule has 5 heteroatoms. The lowest BCUT2D eigenvalue weighted by Crippen LogP contribution is -2.38. The third kappa shape index (κ3) is 5.06. The van der Waals surface area contributed by atoms with Crippen LogP contribution in [0.2, 0.25) is 0 Å². The fraction of sp³-hybridized carbons (Fsp3) is 0.316. The Kier molecular flexibility index (Phi) is 6.75. The molecule has 128 valence electrons. The first kappa shape index (κ1) is 17.9. The van der Waals surface area contributed by atoms with Gasteiger partial charge in [-0.15, -0.1) is 0 Å². The number of guanidine groups is 1. The van der Waals surface area contributed by atoms with Gasteiger partial charge >= 0.3 is 0 Å². The van der Waals surface area contributed by atoms with Crippen molar-refractivity contribution < 1.29 is 9.50 Å². The van der Waals surface area contributed by atoms with Crippen molar-refractivity contribution in [1.29, 1.82) is 0 Å². The maximum atomic E-state index is 13.4. The Hall–Kier alpha value is -2.40. The van der Waals surface area contributed by atoms with Crippen molar-refractivity contribution >= 4 is 5.96 Å². The van der Waals surface area contributed by atoms with E-state index in [-0.39, 0.29) is 12.6 Å². The average Bonchev–Trinajstić information content (AvgIpc) is 2.61. The normalized spacial score (nSPS) is 12.8. The minimum Gasteiger partial charge on any atom is -0.392 e. The molecule has 1 unspecified atom stereocenters. The highest BCUT2D eigenvalue weighted by Gasteiger charge is 2.07. The van der Waals surface area contributed by atoms with E-state index in [1.807, 2.05) is 25.1 Å². The summed E-state index contributed by atoms with van der Waals surface area (Å²) in [7, 11) is 0. The van der Waals surface area contributed by atoms with Crippen LogP contribution in [0.4, 0.5) is 4.39 Å². The van der Waals surface area contributed by atoms with Crippen LogP contribution < -0.4 is 10.6 Å². The van der Waals surface area contributed by atoms with Gasteiger partial charge in [0.05, 0.1) is 19.2 Å². The first-order valence-corrected chi connectivity index (χ1v) is 8.12. The number of halogens is 1. The van der Waals surface area contributed by atoms with E-state index in [1.165, 1.54) is 11.6 Å². The van der Waals surface area contributed by atoms with E-state index >= 15 is 0 Å². The molecule has 0 radical (unpaired) electrons. The zero-order valence-electron chi connectivity index (χ0n) is 14.1. The molecular formula is C19H24FN3O. The molecule has 2 aromatic carbocycles. The van der Waals surface area contributed by atoms with Gasteiger partial charge in [-0.2, -0.15) is 0 Å². The summed E-state index contributed by atoms with van der Waals surface area (Å²) in [6.07, 6.45) is 0. The summed E-state index contributed by atoms with van der Waals surface area (Å²) in [5.74, 6) is 0.302. The quantitative estimate of drug-likeness (QED) is 0.564. The van der Waals surface area contributed by atoms with E-state index in [1.54, 1.807) is 12.1 Å². The third-order valence-corrected chi connectivity index (χ3v) is 3.70. The van der Waals surface area contributed by atoms with Gasteiger partial charge in [0, 0.05) is 12.1 Å². The second-order valence-corrected chi connectivity index (χ2v) is 5.56. The Bertz CT molecular complexity index is 674. The van der Waals surface area contributed by atoms with Crippen molar-refractivity contribution in [2.24, 2.45) is 4.99 Å². The number of aliphatic hydroxyl groups is 1. The largest absolute Gasteiger partial charge is 0.392 e. The summed E-state index contributed by atoms with van der Waals surface area (Å²) in [5.41, 5.74) is 2.32. The van der Waals surface area contributed by atoms with Gasteiger partial charge in [0.25, 0.3) is 0 Å². The predicted molar refractivity (Wildman–Crippen MR) is 95.1 cm³/mol. The standard InChI is InChI=1S/C19H24FN3O/c1-3-21-19(23-14(2)16-7-5-4-6-8-16)22-12-15-9-10-18(20)17(11-15)13-24/h4-11,14,24H,3,12-13H2,1-2H3,(H2,21,22,23). The van der Waals surface area contributed by atoms with Gasteiger partial charge < -0.3 is 15.7 Å². The van der Waals surface area contributed by atoms with Crippen molar-refractivity contribution in [3.8, 4) is 0 Å². The minimum atomic E-state index is -0.395. The molecule has 0 fully saturated rings. The highest BCUT2D eigenvalue weighted by atomic mass is 19.1. The van der Waals surface area contributed by atoms with Gasteiger partial charge in [-0.05, 0) is 37.1 Å². The molecule has 3 N–H and O–H groups in total. The Morgan fingerprint density at radius 1 is 1.21 bits per heavy atom. The van der Waals surface area contributed by atoms with Crippen molar-refractivity contribution in [2.45, 2.75) is 33.0 Å². The molecule has 4 nitrogen and oxygen atoms in total. The van der Waals surface area contributed by atoms with Crippen LogP contribution in [0.1, 0.15) is 36.6 Å². The molecule has 0 bridgehead atoms. The van der Waals surface area contributed by atoms with Crippen LogP contribution in [0.15, 0.2) is 53.5 Å². The molecule has 2 aromatic rings. The van der Waals surface area contributed by atoms with Crippen LogP contribution in [0.3, 0.4) is 0 Å². The topological polar surface area (TPSA) is 56.7 Å². The van der Waals surface area contributed by atoms with E-state index in [0.29, 0.717) is 18.1 Å². The second kappa shape index (κ2) is 9.03. The summed E-state index contributed by atoms with van der Waals surface area (Å²) in [6, 6.07) is 14.9. The summed E-state index contributed by atoms with van der Waals surface area (Å²) < 4.78 is 13.4. The molecule has 0 saturated heterocycles. The Morgan fingerprint density at radius 3 is 2.62 bits per heavy atom. The molecular weight excluding hydrogens is 305 g/mol. The van der Waals surface area contributed by atoms with Crippen LogP contribution in [-0.4, -0.2) is 17.6 Å². The molecule has 0 aliphatic rings. The smallest absolute Gasteiger partial charge is 0.192 e. The Labute approximate surface area is 142 Å². The van der Waals surface area contributed by atoms with E-state index < -0.39 is 5.82 Å². The zero-order valence-corrected chi connectivity index (χ0v) is 14.1. The predicted octanol–water partition coefficient (Wildman–Crippen LogP) is 3.13. The molecule has 0 saturated carbocycles. The van der Waals surface area contributed by atoms with Crippen molar-refractivity contribution in [3.05, 3.63) is 71.0 Å². The van der Waals surface area contributed by atoms with Gasteiger partial charge in [-0.25, -0.2) is 9.38 Å². The molecule has 0 aromatic heterocycles. The highest BCUT2D eigenvalue weighted by molar-refractivity contribution is 5.80. The minimum absolute atomic E-state index is 0.116. The number of nitrogens with zero attached hydrogens (tertiary/aromatic N) is 1. The molecule has 2 rings (SSSR count). The van der Waals surface area contributed by atoms with E-state index in [4.69, 9.17) is 5.11 Å². The van der Waals surface area contributed by atoms with Gasteiger partial charge in [0.1, 0.15) is 5.82 Å². The fourth-order valence-electron chi connectivity index (χ4n) is 2.37. The van der Waals surface area contributed by atoms with Crippen molar-refractivity contribution in [1.82, 2.24) is 10.6 Å². The maximum absolute atomic E-state index is 13.4. The zero-order chi connectivity index (χ0) is 17.4. The number of aliphatic imine (C=N–C) groups is 1. The summed E-state index contributed by atoms with van der Waals surface area (Å²) in [4.78, 5) is 4.54. The van der Waals surface area contributed by atoms with Gasteiger partial charge in [0.15, 0.2) is 5.96 Å². The van der Waals surface area contributed by atoms with Gasteiger partial charge in [-0.1, -0.05) is 36.4 Å². The Balaban J connectivity index is 2.07. The molecule has 0 amide bonds. The van der Waals surface area contributed by atoms with Crippen LogP contribution >= 0.6 is 0 Å². The van der Waals surface area contributed by atoms with Crippen molar-refractivity contribution in [2.75, 3.05) is 6.54 Å². The van der Waals surface area contributed by atoms with E-state index in [9.17, 15) is 4.39 Å². The number of nitrogens with one attached hydrogen (secondary N) is 2. The van der Waals surface area contributed by atoms with E-state index in [0.717, 1.165) is 12.1 Å². The van der Waals surface area contributed by atoms with Crippen LogP contribution in [0.25, 0.3) is 0 Å². The second-order valence-electron chi connectivity index (χ2n) is 5.56. The SMILES string of the molecule is CCNC(=NCc1ccc(F)c(CO)c1)NC(C)c1ccccc1. The van der Waals surface area contributed by atoms with Gasteiger partial charge in [-0.3, -0.25) is 0 Å². The lowest BCUT2D eigenvalue weighted by molar-refractivity contribution is 0.275. The molecule has 0 heterocycles. The number of rotatable bonds is 6. The molecule has 0 aliphatic carbocycles. The maximum Gasteiger partial charge on any atom is 0.192 e. The fourth-order valence-corrected chi connectivity index (χ4v) is 2.37. The average molecular weight is 329 g/mol. The lowest BCUT2D eigenvalue weighted by atomic mass is 10.1. The number of hydrogen-bond acceptors (Lipinski definition) is 2. The third-order valence-electron chi connectivity index (χ3n) is 3.70. The number of benzene rings is 2. The van der Waals surface area contributed by atoms with Crippen LogP contribution in [0, 0.1) is 5.82 Å². The van der Waals surface area contributed by atoms with Crippen LogP contribution in [-0.2, 0) is 13.2 Å². The van der Waals surface area contributed by atoms with Crippen molar-refractivity contribution in [3.63, 3.8) is 0 Å². The van der Waals surface area contributed by atoms with E-state index in [2.05, 4.69) is 34.7 Å². The van der Waals surface area contributed by atoms with Gasteiger partial charge in [0.2, 0.25) is 0 Å². The summed E-state index contributed by atoms with van der Waals surface area (Å²) >= 11 is 0. The number of hydrogen-bond donors (Lipinski definition) is 3. The molecule has 0 spiro atoms. The molecule has 0 aliphatic heterocycles. The molecule has 24 heavy (non-hydrogen) atoms. The monoisotopic (exact) mass is 329 g/mol. The Morgan fingerprint density at radius 2 is 1.96 bits per heavy atom. The van der Waals surface area contributed by atoms with Crippen LogP contribution in [0.5, 0.6) is 0 Å². The highest BCUT2D eigenvalue weighted by Crippen LogP contribution is 2.13. The first-order chi connectivity index (χ1) is 11.6. The number of aliphatic hydroxyl groups excluding tert-OH is 1. The first-order valence-electron chi connectivity index (χ1n) is 8.12.